The summed E-state index contributed by atoms with van der Waals surface area (Å²) in [6.07, 6.45) is 0. The molecule has 0 spiro atoms. The molecule has 8 rings (SSSR count). The highest BCUT2D eigenvalue weighted by molar-refractivity contribution is 6.10. The maximum Gasteiger partial charge on any atom is 0.164 e. The number of fused-ring (bicyclic) bond motifs is 3. The van der Waals surface area contributed by atoms with Crippen molar-refractivity contribution in [3.8, 4) is 51.0 Å². The summed E-state index contributed by atoms with van der Waals surface area (Å²) < 4.78 is 16.9. The molecule has 0 atom stereocenters. The van der Waals surface area contributed by atoms with Crippen molar-refractivity contribution >= 4 is 21.8 Å². The fourth-order valence-corrected chi connectivity index (χ4v) is 6.20. The molecule has 0 N–H and O–H groups in total. The van der Waals surface area contributed by atoms with Gasteiger partial charge in [0.1, 0.15) is 5.82 Å². The van der Waals surface area contributed by atoms with E-state index in [4.69, 9.17) is 15.0 Å². The van der Waals surface area contributed by atoms with Gasteiger partial charge in [-0.15, -0.1) is 0 Å². The highest BCUT2D eigenvalue weighted by atomic mass is 19.1. The third-order valence-electron chi connectivity index (χ3n) is 8.41. The Morgan fingerprint density at radius 1 is 0.457 bits per heavy atom. The number of aryl methyl sites for hydroxylation is 2. The highest BCUT2D eigenvalue weighted by Crippen LogP contribution is 2.39. The van der Waals surface area contributed by atoms with Crippen LogP contribution in [0.2, 0.25) is 0 Å². The molecular weight excluding hydrogens is 567 g/mol. The first-order chi connectivity index (χ1) is 22.5. The van der Waals surface area contributed by atoms with Crippen molar-refractivity contribution in [2.75, 3.05) is 0 Å². The molecule has 0 aliphatic carbocycles. The molecule has 5 heteroatoms. The largest absolute Gasteiger partial charge is 0.309 e. The van der Waals surface area contributed by atoms with E-state index in [0.29, 0.717) is 17.5 Å². The molecule has 0 amide bonds. The van der Waals surface area contributed by atoms with E-state index in [-0.39, 0.29) is 5.82 Å². The summed E-state index contributed by atoms with van der Waals surface area (Å²) in [6.45, 7) is 4.24. The van der Waals surface area contributed by atoms with Gasteiger partial charge in [-0.25, -0.2) is 19.3 Å². The molecule has 0 saturated heterocycles. The van der Waals surface area contributed by atoms with Crippen LogP contribution in [0.5, 0.6) is 0 Å². The number of rotatable bonds is 5. The lowest BCUT2D eigenvalue weighted by atomic mass is 10.00. The number of halogens is 1. The van der Waals surface area contributed by atoms with Crippen molar-refractivity contribution in [2.24, 2.45) is 0 Å². The van der Waals surface area contributed by atoms with Gasteiger partial charge in [-0.05, 0) is 61.9 Å². The van der Waals surface area contributed by atoms with Crippen molar-refractivity contribution in [1.29, 1.82) is 0 Å². The molecular formula is C41H29FN4. The van der Waals surface area contributed by atoms with E-state index < -0.39 is 0 Å². The van der Waals surface area contributed by atoms with E-state index >= 15 is 0 Å². The molecule has 2 aromatic heterocycles. The van der Waals surface area contributed by atoms with E-state index in [0.717, 1.165) is 44.5 Å². The molecule has 6 aromatic carbocycles. The van der Waals surface area contributed by atoms with E-state index in [1.54, 1.807) is 12.1 Å². The summed E-state index contributed by atoms with van der Waals surface area (Å²) in [6, 6.07) is 46.0. The lowest BCUT2D eigenvalue weighted by molar-refractivity contribution is 0.628. The van der Waals surface area contributed by atoms with E-state index in [1.165, 1.54) is 28.0 Å². The van der Waals surface area contributed by atoms with Crippen molar-refractivity contribution in [3.63, 3.8) is 0 Å². The number of hydrogen-bond acceptors (Lipinski definition) is 3. The van der Waals surface area contributed by atoms with Gasteiger partial charge in [0.25, 0.3) is 0 Å². The molecule has 0 fully saturated rings. The van der Waals surface area contributed by atoms with Gasteiger partial charge < -0.3 is 4.57 Å². The topological polar surface area (TPSA) is 43.6 Å². The molecule has 2 heterocycles. The van der Waals surface area contributed by atoms with Crippen molar-refractivity contribution in [2.45, 2.75) is 13.8 Å². The van der Waals surface area contributed by atoms with Gasteiger partial charge in [-0.2, -0.15) is 0 Å². The van der Waals surface area contributed by atoms with Crippen LogP contribution in [0, 0.1) is 19.7 Å². The Hall–Kier alpha value is -5.94. The van der Waals surface area contributed by atoms with Crippen LogP contribution in [0.15, 0.2) is 140 Å². The Morgan fingerprint density at radius 3 is 1.52 bits per heavy atom. The van der Waals surface area contributed by atoms with Gasteiger partial charge in [0.05, 0.1) is 16.7 Å². The van der Waals surface area contributed by atoms with E-state index in [1.807, 2.05) is 78.9 Å². The minimum Gasteiger partial charge on any atom is -0.309 e. The van der Waals surface area contributed by atoms with Crippen LogP contribution in [0.4, 0.5) is 4.39 Å². The quantitative estimate of drug-likeness (QED) is 0.199. The van der Waals surface area contributed by atoms with Gasteiger partial charge in [0.15, 0.2) is 17.5 Å². The van der Waals surface area contributed by atoms with Crippen LogP contribution in [0.3, 0.4) is 0 Å². The van der Waals surface area contributed by atoms with Crippen molar-refractivity contribution in [1.82, 2.24) is 19.5 Å². The zero-order chi connectivity index (χ0) is 31.2. The lowest BCUT2D eigenvalue weighted by Gasteiger charge is -2.16. The molecule has 0 unspecified atom stereocenters. The Morgan fingerprint density at radius 2 is 0.978 bits per heavy atom. The molecule has 8 aromatic rings. The molecule has 0 radical (unpaired) electrons. The number of aromatic nitrogens is 4. The molecule has 0 aliphatic rings. The second-order valence-electron chi connectivity index (χ2n) is 11.7. The lowest BCUT2D eigenvalue weighted by Crippen LogP contribution is -2.02. The van der Waals surface area contributed by atoms with Gasteiger partial charge in [0.2, 0.25) is 0 Å². The van der Waals surface area contributed by atoms with E-state index in [9.17, 15) is 4.39 Å². The molecule has 0 saturated carbocycles. The molecule has 4 nitrogen and oxygen atoms in total. The summed E-state index contributed by atoms with van der Waals surface area (Å²) in [4.78, 5) is 14.9. The first kappa shape index (κ1) is 27.6. The van der Waals surface area contributed by atoms with Gasteiger partial charge in [-0.1, -0.05) is 108 Å². The summed E-state index contributed by atoms with van der Waals surface area (Å²) in [5.74, 6) is 1.48. The van der Waals surface area contributed by atoms with Crippen LogP contribution in [-0.4, -0.2) is 19.5 Å². The van der Waals surface area contributed by atoms with Gasteiger partial charge >= 0.3 is 0 Å². The number of benzene rings is 6. The first-order valence-electron chi connectivity index (χ1n) is 15.3. The minimum absolute atomic E-state index is 0.279. The van der Waals surface area contributed by atoms with Gasteiger partial charge in [-0.3, -0.25) is 0 Å². The van der Waals surface area contributed by atoms with Crippen LogP contribution in [0.1, 0.15) is 11.1 Å². The predicted octanol–water partition coefficient (Wildman–Crippen LogP) is 10.4. The summed E-state index contributed by atoms with van der Waals surface area (Å²) in [7, 11) is 0. The Balaban J connectivity index is 1.43. The Bertz CT molecular complexity index is 2280. The van der Waals surface area contributed by atoms with Gasteiger partial charge in [0, 0.05) is 33.0 Å². The third-order valence-corrected chi connectivity index (χ3v) is 8.41. The maximum atomic E-state index is 14.6. The molecule has 46 heavy (non-hydrogen) atoms. The van der Waals surface area contributed by atoms with Crippen LogP contribution in [0.25, 0.3) is 72.8 Å². The Kier molecular flexibility index (Phi) is 6.72. The second kappa shape index (κ2) is 11.2. The molecule has 0 bridgehead atoms. The fraction of sp³-hybridized carbons (Fsp3) is 0.0488. The SMILES string of the molecule is Cc1ccc2c(c1)c1cc(C)ccc1n2-c1cc(-c2nc(-c3ccccc3)nc(-c3ccccc3)n2)ccc1-c1cccc(F)c1. The maximum absolute atomic E-state index is 14.6. The monoisotopic (exact) mass is 596 g/mol. The predicted molar refractivity (Wildman–Crippen MR) is 185 cm³/mol. The molecule has 220 valence electrons. The van der Waals surface area contributed by atoms with E-state index in [2.05, 4.69) is 60.9 Å². The average molecular weight is 597 g/mol. The average Bonchev–Trinajstić information content (AvgIpc) is 3.41. The van der Waals surface area contributed by atoms with Crippen LogP contribution >= 0.6 is 0 Å². The molecule has 0 aliphatic heterocycles. The summed E-state index contributed by atoms with van der Waals surface area (Å²) in [5.41, 5.74) is 9.81. The second-order valence-corrected chi connectivity index (χ2v) is 11.7. The summed E-state index contributed by atoms with van der Waals surface area (Å²) in [5, 5.41) is 2.35. The zero-order valence-electron chi connectivity index (χ0n) is 25.4. The fourth-order valence-electron chi connectivity index (χ4n) is 6.20. The number of nitrogens with zero attached hydrogens (tertiary/aromatic N) is 4. The van der Waals surface area contributed by atoms with Crippen molar-refractivity contribution < 1.29 is 4.39 Å². The Labute approximate surface area is 266 Å². The van der Waals surface area contributed by atoms with Crippen molar-refractivity contribution in [3.05, 3.63) is 156 Å². The summed E-state index contributed by atoms with van der Waals surface area (Å²) >= 11 is 0. The minimum atomic E-state index is -0.279. The highest BCUT2D eigenvalue weighted by Gasteiger charge is 2.19. The zero-order valence-corrected chi connectivity index (χ0v) is 25.4. The van der Waals surface area contributed by atoms with Crippen LogP contribution in [-0.2, 0) is 0 Å². The smallest absolute Gasteiger partial charge is 0.164 e. The normalized spacial score (nSPS) is 11.4. The van der Waals surface area contributed by atoms with Crippen LogP contribution < -0.4 is 0 Å². The third kappa shape index (κ3) is 4.92. The first-order valence-corrected chi connectivity index (χ1v) is 15.3. The standard InChI is InChI=1S/C41H29FN4/c1-26-16-20-36-34(22-26)35-23-27(2)17-21-37(35)46(36)38-25-31(18-19-33(38)30-14-9-15-32(42)24-30)41-44-39(28-10-5-3-6-11-28)43-40(45-41)29-12-7-4-8-13-29/h3-25H,1-2H3. The number of hydrogen-bond donors (Lipinski definition) is 0.